The summed E-state index contributed by atoms with van der Waals surface area (Å²) >= 11 is 5.49. The molecule has 0 radical (unpaired) electrons. The first-order chi connectivity index (χ1) is 13.1. The quantitative estimate of drug-likeness (QED) is 0.471. The fourth-order valence-corrected chi connectivity index (χ4v) is 3.33. The molecule has 0 amide bonds. The van der Waals surface area contributed by atoms with E-state index in [4.69, 9.17) is 12.2 Å². The van der Waals surface area contributed by atoms with Crippen LogP contribution in [0.4, 0.5) is 11.4 Å². The van der Waals surface area contributed by atoms with E-state index in [1.807, 2.05) is 18.2 Å². The van der Waals surface area contributed by atoms with E-state index in [1.165, 1.54) is 22.6 Å². The van der Waals surface area contributed by atoms with Gasteiger partial charge in [-0.2, -0.15) is 0 Å². The highest BCUT2D eigenvalue weighted by atomic mass is 32.1. The first-order valence-electron chi connectivity index (χ1n) is 8.97. The molecule has 0 aliphatic carbocycles. The summed E-state index contributed by atoms with van der Waals surface area (Å²) in [6.45, 7) is 4.86. The minimum Gasteiger partial charge on any atom is -0.338 e. The smallest absolute Gasteiger partial charge is 0.269 e. The summed E-state index contributed by atoms with van der Waals surface area (Å²) in [5.74, 6) is 0. The number of rotatable bonds is 5. The van der Waals surface area contributed by atoms with Crippen LogP contribution in [-0.4, -0.2) is 47.7 Å². The maximum atomic E-state index is 10.7. The number of quaternary nitrogens is 1. The Bertz CT molecular complexity index is 800. The lowest BCUT2D eigenvalue weighted by Gasteiger charge is -2.33. The van der Waals surface area contributed by atoms with Gasteiger partial charge >= 0.3 is 0 Å². The van der Waals surface area contributed by atoms with E-state index in [1.54, 1.807) is 12.1 Å². The predicted octanol–water partition coefficient (Wildman–Crippen LogP) is 2.21. The van der Waals surface area contributed by atoms with Gasteiger partial charge in [0.05, 0.1) is 37.6 Å². The lowest BCUT2D eigenvalue weighted by atomic mass is 10.2. The Balaban J connectivity index is 1.43. The fourth-order valence-electron chi connectivity index (χ4n) is 3.02. The minimum atomic E-state index is -0.406. The van der Waals surface area contributed by atoms with E-state index >= 15 is 0 Å². The third-order valence-corrected chi connectivity index (χ3v) is 4.96. The second-order valence-corrected chi connectivity index (χ2v) is 6.88. The number of non-ortho nitro benzene ring substituents is 1. The maximum absolute atomic E-state index is 10.7. The van der Waals surface area contributed by atoms with Gasteiger partial charge in [0.2, 0.25) is 0 Å². The van der Waals surface area contributed by atoms with E-state index in [0.717, 1.165) is 38.4 Å². The van der Waals surface area contributed by atoms with Crippen LogP contribution in [0.15, 0.2) is 60.7 Å². The third kappa shape index (κ3) is 5.60. The van der Waals surface area contributed by atoms with Crippen LogP contribution >= 0.6 is 12.2 Å². The number of thiocarbonyl (C=S) groups is 1. The molecule has 27 heavy (non-hydrogen) atoms. The van der Waals surface area contributed by atoms with Crippen LogP contribution in [-0.2, 0) is 0 Å². The maximum Gasteiger partial charge on any atom is 0.269 e. The van der Waals surface area contributed by atoms with Crippen molar-refractivity contribution in [3.63, 3.8) is 0 Å². The van der Waals surface area contributed by atoms with Gasteiger partial charge in [0.15, 0.2) is 5.11 Å². The number of nitro benzene ring substituents is 1. The van der Waals surface area contributed by atoms with Crippen molar-refractivity contribution in [2.75, 3.05) is 38.0 Å². The van der Waals surface area contributed by atoms with Gasteiger partial charge in [-0.05, 0) is 36.0 Å². The zero-order valence-corrected chi connectivity index (χ0v) is 15.8. The highest BCUT2D eigenvalue weighted by Crippen LogP contribution is 2.15. The molecule has 1 saturated heterocycles. The van der Waals surface area contributed by atoms with Crippen LogP contribution in [0.1, 0.15) is 5.56 Å². The highest BCUT2D eigenvalue weighted by Gasteiger charge is 2.20. The molecule has 0 atom stereocenters. The second kappa shape index (κ2) is 9.25. The summed E-state index contributed by atoms with van der Waals surface area (Å²) in [4.78, 5) is 14.0. The second-order valence-electron chi connectivity index (χ2n) is 6.49. The average Bonchev–Trinajstić information content (AvgIpc) is 2.70. The summed E-state index contributed by atoms with van der Waals surface area (Å²) in [7, 11) is 0. The molecule has 1 fully saturated rings. The largest absolute Gasteiger partial charge is 0.338 e. The van der Waals surface area contributed by atoms with E-state index in [0.29, 0.717) is 5.11 Å². The molecule has 0 aromatic heterocycles. The van der Waals surface area contributed by atoms with Gasteiger partial charge in [-0.1, -0.05) is 36.4 Å². The number of anilines is 1. The number of hydrogen-bond acceptors (Lipinski definition) is 3. The SMILES string of the molecule is O=[N+]([O-])c1ccc(NC(=S)N2CC[NH+](C/C=C/c3ccccc3)CC2)cc1. The molecule has 0 saturated carbocycles. The first kappa shape index (κ1) is 19.0. The number of piperazine rings is 1. The van der Waals surface area contributed by atoms with Crippen molar-refractivity contribution < 1.29 is 9.82 Å². The molecular weight excluding hydrogens is 360 g/mol. The lowest BCUT2D eigenvalue weighted by Crippen LogP contribution is -3.14. The summed E-state index contributed by atoms with van der Waals surface area (Å²) in [5.41, 5.74) is 2.07. The Kier molecular flexibility index (Phi) is 6.51. The Morgan fingerprint density at radius 3 is 2.44 bits per heavy atom. The molecule has 1 heterocycles. The predicted molar refractivity (Wildman–Crippen MR) is 112 cm³/mol. The van der Waals surface area contributed by atoms with E-state index in [2.05, 4.69) is 34.5 Å². The van der Waals surface area contributed by atoms with Crippen molar-refractivity contribution in [1.82, 2.24) is 4.90 Å². The summed E-state index contributed by atoms with van der Waals surface area (Å²) in [6.07, 6.45) is 4.40. The highest BCUT2D eigenvalue weighted by molar-refractivity contribution is 7.80. The van der Waals surface area contributed by atoms with Crippen molar-refractivity contribution in [3.8, 4) is 0 Å². The molecule has 3 rings (SSSR count). The molecule has 6 nitrogen and oxygen atoms in total. The molecule has 2 N–H and O–H groups in total. The first-order valence-corrected chi connectivity index (χ1v) is 9.38. The number of nitrogens with zero attached hydrogens (tertiary/aromatic N) is 2. The number of nitro groups is 1. The Hall–Kier alpha value is -2.77. The zero-order chi connectivity index (χ0) is 19.1. The topological polar surface area (TPSA) is 62.9 Å². The molecule has 0 bridgehead atoms. The minimum absolute atomic E-state index is 0.0761. The van der Waals surface area contributed by atoms with Gasteiger partial charge in [0.1, 0.15) is 0 Å². The van der Waals surface area contributed by atoms with Gasteiger partial charge in [-0.15, -0.1) is 0 Å². The van der Waals surface area contributed by atoms with Crippen LogP contribution in [0.2, 0.25) is 0 Å². The zero-order valence-electron chi connectivity index (χ0n) is 15.0. The normalized spacial score (nSPS) is 15.0. The van der Waals surface area contributed by atoms with E-state index < -0.39 is 4.92 Å². The monoisotopic (exact) mass is 383 g/mol. The summed E-state index contributed by atoms with van der Waals surface area (Å²) in [6, 6.07) is 16.6. The Morgan fingerprint density at radius 2 is 1.81 bits per heavy atom. The van der Waals surface area contributed by atoms with E-state index in [-0.39, 0.29) is 5.69 Å². The fraction of sp³-hybridized carbons (Fsp3) is 0.250. The number of nitrogens with one attached hydrogen (secondary N) is 2. The van der Waals surface area contributed by atoms with Crippen molar-refractivity contribution in [2.24, 2.45) is 0 Å². The summed E-state index contributed by atoms with van der Waals surface area (Å²) in [5, 5.41) is 14.6. The Labute approximate surface area is 164 Å². The van der Waals surface area contributed by atoms with Crippen molar-refractivity contribution in [2.45, 2.75) is 0 Å². The molecule has 1 aliphatic heterocycles. The molecular formula is C20H23N4O2S+. The van der Waals surface area contributed by atoms with Crippen LogP contribution in [0.3, 0.4) is 0 Å². The molecule has 0 spiro atoms. The molecule has 7 heteroatoms. The number of benzene rings is 2. The van der Waals surface area contributed by atoms with Gasteiger partial charge in [-0.3, -0.25) is 10.1 Å². The van der Waals surface area contributed by atoms with Gasteiger partial charge in [0.25, 0.3) is 5.69 Å². The van der Waals surface area contributed by atoms with Crippen molar-refractivity contribution in [3.05, 3.63) is 76.4 Å². The van der Waals surface area contributed by atoms with Crippen molar-refractivity contribution in [1.29, 1.82) is 0 Å². The molecule has 0 unspecified atom stereocenters. The van der Waals surface area contributed by atoms with E-state index in [9.17, 15) is 10.1 Å². The molecule has 140 valence electrons. The van der Waals surface area contributed by atoms with Crippen molar-refractivity contribution >= 4 is 34.8 Å². The van der Waals surface area contributed by atoms with Gasteiger partial charge in [0, 0.05) is 17.8 Å². The molecule has 2 aromatic carbocycles. The molecule has 2 aromatic rings. The van der Waals surface area contributed by atoms with Crippen LogP contribution < -0.4 is 10.2 Å². The lowest BCUT2D eigenvalue weighted by molar-refractivity contribution is -0.897. The molecule has 1 aliphatic rings. The van der Waals surface area contributed by atoms with Crippen LogP contribution in [0, 0.1) is 10.1 Å². The van der Waals surface area contributed by atoms with Gasteiger partial charge in [-0.25, -0.2) is 0 Å². The Morgan fingerprint density at radius 1 is 1.15 bits per heavy atom. The standard InChI is InChI=1S/C20H22N4O2S/c25-24(26)19-10-8-18(9-11-19)21-20(27)23-15-13-22(14-16-23)12-4-7-17-5-2-1-3-6-17/h1-11H,12-16H2,(H,21,27)/p+1/b7-4+. The van der Waals surface area contributed by atoms with Gasteiger partial charge < -0.3 is 15.1 Å². The van der Waals surface area contributed by atoms with Crippen LogP contribution in [0.5, 0.6) is 0 Å². The third-order valence-electron chi connectivity index (χ3n) is 4.60. The number of hydrogen-bond donors (Lipinski definition) is 2. The average molecular weight is 383 g/mol. The summed E-state index contributed by atoms with van der Waals surface area (Å²) < 4.78 is 0. The van der Waals surface area contributed by atoms with Crippen LogP contribution in [0.25, 0.3) is 6.08 Å².